The second-order valence-electron chi connectivity index (χ2n) is 10.6. The minimum Gasteiger partial charge on any atom is -0.507 e. The van der Waals surface area contributed by atoms with Gasteiger partial charge in [-0.2, -0.15) is 0 Å². The Morgan fingerprint density at radius 1 is 0.929 bits per heavy atom. The maximum absolute atomic E-state index is 13.5. The van der Waals surface area contributed by atoms with Crippen LogP contribution < -0.4 is 14.2 Å². The van der Waals surface area contributed by atoms with Crippen molar-refractivity contribution in [2.45, 2.75) is 52.0 Å². The molecule has 4 rings (SSSR count). The van der Waals surface area contributed by atoms with Crippen LogP contribution in [0.4, 0.5) is 0 Å². The average molecular weight is 581 g/mol. The summed E-state index contributed by atoms with van der Waals surface area (Å²) >= 11 is 0. The number of likely N-dealkylation sites (tertiary alicyclic amines) is 1. The van der Waals surface area contributed by atoms with E-state index < -0.39 is 17.7 Å². The van der Waals surface area contributed by atoms with E-state index in [2.05, 4.69) is 18.7 Å². The van der Waals surface area contributed by atoms with Gasteiger partial charge in [-0.05, 0) is 49.1 Å². The molecule has 2 aromatic carbocycles. The predicted octanol–water partition coefficient (Wildman–Crippen LogP) is 5.20. The lowest BCUT2D eigenvalue weighted by Gasteiger charge is -2.29. The Labute approximate surface area is 249 Å². The highest BCUT2D eigenvalue weighted by Crippen LogP contribution is 2.42. The first-order valence-corrected chi connectivity index (χ1v) is 15.1. The Morgan fingerprint density at radius 2 is 1.67 bits per heavy atom. The summed E-state index contributed by atoms with van der Waals surface area (Å²) in [5, 5.41) is 11.6. The minimum absolute atomic E-state index is 0.0544. The molecular weight excluding hydrogens is 536 g/mol. The van der Waals surface area contributed by atoms with Crippen LogP contribution in [-0.4, -0.2) is 86.3 Å². The number of amides is 1. The number of nitrogens with zero attached hydrogens (tertiary/aromatic N) is 2. The molecule has 0 aromatic heterocycles. The van der Waals surface area contributed by atoms with Gasteiger partial charge in [0.1, 0.15) is 11.5 Å². The maximum Gasteiger partial charge on any atom is 0.295 e. The van der Waals surface area contributed by atoms with E-state index in [4.69, 9.17) is 18.9 Å². The van der Waals surface area contributed by atoms with Crippen LogP contribution in [-0.2, 0) is 14.3 Å². The summed E-state index contributed by atoms with van der Waals surface area (Å²) in [4.78, 5) is 30.9. The molecule has 42 heavy (non-hydrogen) atoms. The SMILES string of the molecule is CCCCOc1cccc(C(O)=C2C(=O)C(=O)N(CCCN3CCOCC3)C2c2ccc(OCCCC)c(OC)c2)c1. The van der Waals surface area contributed by atoms with Crippen LogP contribution in [0.2, 0.25) is 0 Å². The smallest absolute Gasteiger partial charge is 0.295 e. The molecule has 1 N–H and O–H groups in total. The van der Waals surface area contributed by atoms with Gasteiger partial charge in [-0.15, -0.1) is 0 Å². The summed E-state index contributed by atoms with van der Waals surface area (Å²) in [6.07, 6.45) is 4.51. The van der Waals surface area contributed by atoms with Crippen molar-refractivity contribution in [3.63, 3.8) is 0 Å². The quantitative estimate of drug-likeness (QED) is 0.133. The second kappa shape index (κ2) is 15.6. The van der Waals surface area contributed by atoms with Crippen LogP contribution in [0.1, 0.15) is 63.1 Å². The number of rotatable bonds is 15. The van der Waals surface area contributed by atoms with Crippen LogP contribution >= 0.6 is 0 Å². The number of morpholine rings is 1. The van der Waals surface area contributed by atoms with E-state index in [1.165, 1.54) is 0 Å². The maximum atomic E-state index is 13.5. The average Bonchev–Trinajstić information content (AvgIpc) is 3.27. The van der Waals surface area contributed by atoms with Gasteiger partial charge in [0.2, 0.25) is 0 Å². The lowest BCUT2D eigenvalue weighted by atomic mass is 9.95. The largest absolute Gasteiger partial charge is 0.507 e. The lowest BCUT2D eigenvalue weighted by molar-refractivity contribution is -0.140. The van der Waals surface area contributed by atoms with Gasteiger partial charge in [-0.25, -0.2) is 0 Å². The number of unbranched alkanes of at least 4 members (excludes halogenated alkanes) is 2. The van der Waals surface area contributed by atoms with Crippen LogP contribution in [0, 0.1) is 0 Å². The van der Waals surface area contributed by atoms with Gasteiger partial charge in [0.05, 0.1) is 45.2 Å². The van der Waals surface area contributed by atoms with Gasteiger partial charge < -0.3 is 29.0 Å². The number of aliphatic hydroxyl groups is 1. The molecule has 0 radical (unpaired) electrons. The lowest BCUT2D eigenvalue weighted by Crippen LogP contribution is -2.39. The number of carbonyl (C=O) groups is 2. The van der Waals surface area contributed by atoms with Gasteiger partial charge in [0.15, 0.2) is 11.5 Å². The van der Waals surface area contributed by atoms with Crippen LogP contribution in [0.15, 0.2) is 48.0 Å². The fraction of sp³-hybridized carbons (Fsp3) is 0.515. The van der Waals surface area contributed by atoms with E-state index in [1.54, 1.807) is 42.3 Å². The van der Waals surface area contributed by atoms with Crippen molar-refractivity contribution in [1.82, 2.24) is 9.80 Å². The van der Waals surface area contributed by atoms with Crippen LogP contribution in [0.3, 0.4) is 0 Å². The summed E-state index contributed by atoms with van der Waals surface area (Å²) in [5.74, 6) is 0.144. The van der Waals surface area contributed by atoms with Crippen molar-refractivity contribution in [3.05, 3.63) is 59.2 Å². The van der Waals surface area contributed by atoms with Crippen molar-refractivity contribution >= 4 is 17.4 Å². The Balaban J connectivity index is 1.69. The first-order chi connectivity index (χ1) is 20.5. The van der Waals surface area contributed by atoms with E-state index in [9.17, 15) is 14.7 Å². The normalized spacial score (nSPS) is 18.8. The van der Waals surface area contributed by atoms with Gasteiger partial charge in [0, 0.05) is 31.7 Å². The third kappa shape index (κ3) is 7.63. The molecule has 228 valence electrons. The molecular formula is C33H44N2O7. The molecule has 0 spiro atoms. The van der Waals surface area contributed by atoms with E-state index in [1.807, 2.05) is 12.1 Å². The fourth-order valence-electron chi connectivity index (χ4n) is 5.27. The first-order valence-electron chi connectivity index (χ1n) is 15.1. The van der Waals surface area contributed by atoms with Gasteiger partial charge in [-0.3, -0.25) is 14.5 Å². The fourth-order valence-corrected chi connectivity index (χ4v) is 5.27. The molecule has 9 heteroatoms. The molecule has 2 aliphatic rings. The molecule has 0 aliphatic carbocycles. The number of hydrogen-bond acceptors (Lipinski definition) is 8. The zero-order valence-electron chi connectivity index (χ0n) is 25.1. The third-order valence-electron chi connectivity index (χ3n) is 7.65. The molecule has 2 aliphatic heterocycles. The van der Waals surface area contributed by atoms with Crippen molar-refractivity contribution in [2.75, 3.05) is 59.7 Å². The molecule has 9 nitrogen and oxygen atoms in total. The minimum atomic E-state index is -0.780. The van der Waals surface area contributed by atoms with Crippen molar-refractivity contribution < 1.29 is 33.6 Å². The third-order valence-corrected chi connectivity index (χ3v) is 7.65. The second-order valence-corrected chi connectivity index (χ2v) is 10.6. The number of Topliss-reactive ketones (excluding diaryl/α,β-unsaturated/α-hetero) is 1. The van der Waals surface area contributed by atoms with Gasteiger partial charge >= 0.3 is 0 Å². The topological polar surface area (TPSA) is 97.8 Å². The first kappa shape index (κ1) is 31.4. The number of carbonyl (C=O) groups excluding carboxylic acids is 2. The van der Waals surface area contributed by atoms with E-state index >= 15 is 0 Å². The summed E-state index contributed by atoms with van der Waals surface area (Å²) in [7, 11) is 1.56. The molecule has 0 bridgehead atoms. The highest BCUT2D eigenvalue weighted by Gasteiger charge is 2.46. The number of hydrogen-bond donors (Lipinski definition) is 1. The number of benzene rings is 2. The Kier molecular flexibility index (Phi) is 11.7. The van der Waals surface area contributed by atoms with E-state index in [-0.39, 0.29) is 11.3 Å². The van der Waals surface area contributed by atoms with Gasteiger partial charge in [0.25, 0.3) is 11.7 Å². The number of aliphatic hydroxyl groups excluding tert-OH is 1. The molecule has 1 unspecified atom stereocenters. The number of methoxy groups -OCH3 is 1. The molecule has 0 saturated carbocycles. The zero-order valence-corrected chi connectivity index (χ0v) is 25.1. The summed E-state index contributed by atoms with van der Waals surface area (Å²) in [6, 6.07) is 11.7. The molecule has 2 heterocycles. The van der Waals surface area contributed by atoms with Gasteiger partial charge in [-0.1, -0.05) is 44.9 Å². The summed E-state index contributed by atoms with van der Waals surface area (Å²) < 4.78 is 22.8. The zero-order chi connectivity index (χ0) is 29.9. The Morgan fingerprint density at radius 3 is 2.38 bits per heavy atom. The highest BCUT2D eigenvalue weighted by molar-refractivity contribution is 6.46. The van der Waals surface area contributed by atoms with Crippen molar-refractivity contribution in [2.24, 2.45) is 0 Å². The molecule has 1 atom stereocenters. The van der Waals surface area contributed by atoms with E-state index in [0.29, 0.717) is 67.8 Å². The monoisotopic (exact) mass is 580 g/mol. The molecule has 2 aromatic rings. The standard InChI is InChI=1S/C33H44N2O7/c1-4-6-18-41-26-11-8-10-25(22-26)31(36)29-30(24-12-13-27(28(23-24)39-3)42-19-7-5-2)35(33(38)32(29)37)15-9-14-34-16-20-40-21-17-34/h8,10-13,22-23,30,36H,4-7,9,14-21H2,1-3H3. The van der Waals surface area contributed by atoms with Crippen molar-refractivity contribution in [3.8, 4) is 17.2 Å². The van der Waals surface area contributed by atoms with Crippen LogP contribution in [0.5, 0.6) is 17.2 Å². The molecule has 2 fully saturated rings. The number of ether oxygens (including phenoxy) is 4. The van der Waals surface area contributed by atoms with Crippen molar-refractivity contribution in [1.29, 1.82) is 0 Å². The molecule has 2 saturated heterocycles. The summed E-state index contributed by atoms with van der Waals surface area (Å²) in [6.45, 7) is 9.51. The Hall–Kier alpha value is -3.56. The number of ketones is 1. The summed E-state index contributed by atoms with van der Waals surface area (Å²) in [5.41, 5.74) is 1.14. The highest BCUT2D eigenvalue weighted by atomic mass is 16.5. The van der Waals surface area contributed by atoms with E-state index in [0.717, 1.165) is 45.3 Å². The predicted molar refractivity (Wildman–Crippen MR) is 161 cm³/mol. The molecule has 1 amide bonds. The Bertz CT molecular complexity index is 1240. The van der Waals surface area contributed by atoms with Crippen LogP contribution in [0.25, 0.3) is 5.76 Å².